The van der Waals surface area contributed by atoms with Crippen LogP contribution in [-0.2, 0) is 9.53 Å². The van der Waals surface area contributed by atoms with E-state index in [1.165, 1.54) is 30.0 Å². The molecule has 7 heteroatoms. The molecule has 0 aliphatic carbocycles. The number of unbranched alkanes of at least 4 members (excludes halogenated alkanes) is 1. The van der Waals surface area contributed by atoms with Crippen molar-refractivity contribution in [1.29, 1.82) is 0 Å². The summed E-state index contributed by atoms with van der Waals surface area (Å²) >= 11 is 0. The summed E-state index contributed by atoms with van der Waals surface area (Å²) in [6.45, 7) is 5.65. The Hall–Kier alpha value is -3.48. The van der Waals surface area contributed by atoms with Crippen molar-refractivity contribution in [3.05, 3.63) is 70.8 Å². The van der Waals surface area contributed by atoms with Crippen LogP contribution in [0, 0.1) is 0 Å². The molecule has 3 amide bonds. The molecule has 2 aromatic rings. The van der Waals surface area contributed by atoms with Crippen LogP contribution in [0.15, 0.2) is 48.5 Å². The number of nitrogens with one attached hydrogen (secondary N) is 1. The molecule has 1 heterocycles. The molecule has 0 saturated carbocycles. The van der Waals surface area contributed by atoms with Crippen LogP contribution < -0.4 is 5.32 Å². The summed E-state index contributed by atoms with van der Waals surface area (Å²) in [5.74, 6) is -1.92. The molecule has 0 aromatic heterocycles. The third-order valence-electron chi connectivity index (χ3n) is 5.25. The first kappa shape index (κ1) is 22.2. The van der Waals surface area contributed by atoms with Gasteiger partial charge >= 0.3 is 5.97 Å². The standard InChI is InChI=1S/C24H26N2O5/c1-4-5-13-26-22(28)19-12-11-18(14-20(19)23(26)29)24(30)31-16(3)21(27)25-15(2)17-9-7-6-8-10-17/h6-12,14-16H,4-5,13H2,1-3H3,(H,25,27). The molecular formula is C24H26N2O5. The van der Waals surface area contributed by atoms with Gasteiger partial charge in [0.2, 0.25) is 0 Å². The van der Waals surface area contributed by atoms with Gasteiger partial charge in [-0.2, -0.15) is 0 Å². The summed E-state index contributed by atoms with van der Waals surface area (Å²) < 4.78 is 5.29. The Labute approximate surface area is 181 Å². The van der Waals surface area contributed by atoms with Gasteiger partial charge in [-0.3, -0.25) is 19.3 Å². The zero-order valence-electron chi connectivity index (χ0n) is 17.9. The van der Waals surface area contributed by atoms with Crippen molar-refractivity contribution in [1.82, 2.24) is 10.2 Å². The Kier molecular flexibility index (Phi) is 6.84. The maximum Gasteiger partial charge on any atom is 0.338 e. The number of nitrogens with zero attached hydrogens (tertiary/aromatic N) is 1. The van der Waals surface area contributed by atoms with Gasteiger partial charge in [-0.25, -0.2) is 4.79 Å². The molecule has 3 rings (SSSR count). The molecule has 0 radical (unpaired) electrons. The molecule has 0 bridgehead atoms. The van der Waals surface area contributed by atoms with Gasteiger partial charge in [0.1, 0.15) is 0 Å². The highest BCUT2D eigenvalue weighted by atomic mass is 16.5. The lowest BCUT2D eigenvalue weighted by Gasteiger charge is -2.18. The second-order valence-electron chi connectivity index (χ2n) is 7.56. The third-order valence-corrected chi connectivity index (χ3v) is 5.25. The largest absolute Gasteiger partial charge is 0.449 e. The topological polar surface area (TPSA) is 92.8 Å². The Morgan fingerprint density at radius 1 is 1.00 bits per heavy atom. The Morgan fingerprint density at radius 3 is 2.35 bits per heavy atom. The van der Waals surface area contributed by atoms with E-state index in [2.05, 4.69) is 5.32 Å². The molecule has 162 valence electrons. The van der Waals surface area contributed by atoms with Crippen LogP contribution in [0.25, 0.3) is 0 Å². The lowest BCUT2D eigenvalue weighted by atomic mass is 10.1. The predicted molar refractivity (Wildman–Crippen MR) is 115 cm³/mol. The number of ether oxygens (including phenoxy) is 1. The minimum atomic E-state index is -1.02. The zero-order chi connectivity index (χ0) is 22.5. The average Bonchev–Trinajstić information content (AvgIpc) is 3.01. The van der Waals surface area contributed by atoms with Crippen LogP contribution in [0.4, 0.5) is 0 Å². The van der Waals surface area contributed by atoms with E-state index in [1.54, 1.807) is 0 Å². The van der Waals surface area contributed by atoms with Gasteiger partial charge in [0.25, 0.3) is 17.7 Å². The maximum absolute atomic E-state index is 12.6. The van der Waals surface area contributed by atoms with Gasteiger partial charge in [-0.15, -0.1) is 0 Å². The van der Waals surface area contributed by atoms with Crippen molar-refractivity contribution in [3.8, 4) is 0 Å². The normalized spacial score (nSPS) is 14.7. The molecule has 2 atom stereocenters. The zero-order valence-corrected chi connectivity index (χ0v) is 17.9. The number of benzene rings is 2. The first-order valence-electron chi connectivity index (χ1n) is 10.4. The molecule has 1 N–H and O–H groups in total. The number of fused-ring (bicyclic) bond motifs is 1. The fraction of sp³-hybridized carbons (Fsp3) is 0.333. The fourth-order valence-corrected chi connectivity index (χ4v) is 3.37. The summed E-state index contributed by atoms with van der Waals surface area (Å²) in [7, 11) is 0. The van der Waals surface area contributed by atoms with Crippen molar-refractivity contribution in [3.63, 3.8) is 0 Å². The van der Waals surface area contributed by atoms with Crippen molar-refractivity contribution >= 4 is 23.7 Å². The van der Waals surface area contributed by atoms with E-state index in [1.807, 2.05) is 44.2 Å². The second-order valence-corrected chi connectivity index (χ2v) is 7.56. The predicted octanol–water partition coefficient (Wildman–Crippen LogP) is 3.51. The molecule has 31 heavy (non-hydrogen) atoms. The molecular weight excluding hydrogens is 396 g/mol. The monoisotopic (exact) mass is 422 g/mol. The molecule has 0 fully saturated rings. The molecule has 7 nitrogen and oxygen atoms in total. The number of carbonyl (C=O) groups excluding carboxylic acids is 4. The van der Waals surface area contributed by atoms with Gasteiger partial charge in [0, 0.05) is 6.54 Å². The number of amides is 3. The summed E-state index contributed by atoms with van der Waals surface area (Å²) in [4.78, 5) is 51.1. The van der Waals surface area contributed by atoms with Crippen molar-refractivity contribution < 1.29 is 23.9 Å². The van der Waals surface area contributed by atoms with Crippen LogP contribution in [0.1, 0.15) is 76.3 Å². The Morgan fingerprint density at radius 2 is 1.68 bits per heavy atom. The Bertz CT molecular complexity index is 1000. The van der Waals surface area contributed by atoms with Crippen LogP contribution in [0.5, 0.6) is 0 Å². The van der Waals surface area contributed by atoms with Gasteiger partial charge in [-0.05, 0) is 44.0 Å². The van der Waals surface area contributed by atoms with Crippen LogP contribution in [-0.4, -0.2) is 41.2 Å². The highest BCUT2D eigenvalue weighted by molar-refractivity contribution is 6.22. The van der Waals surface area contributed by atoms with Crippen molar-refractivity contribution in [2.24, 2.45) is 0 Å². The fourth-order valence-electron chi connectivity index (χ4n) is 3.37. The third kappa shape index (κ3) is 4.82. The highest BCUT2D eigenvalue weighted by Crippen LogP contribution is 2.25. The molecule has 2 aromatic carbocycles. The number of hydrogen-bond acceptors (Lipinski definition) is 5. The van der Waals surface area contributed by atoms with Crippen molar-refractivity contribution in [2.75, 3.05) is 6.54 Å². The molecule has 0 saturated heterocycles. The number of rotatable bonds is 8. The number of hydrogen-bond donors (Lipinski definition) is 1. The molecule has 2 unspecified atom stereocenters. The van der Waals surface area contributed by atoms with Gasteiger partial charge < -0.3 is 10.1 Å². The van der Waals surface area contributed by atoms with E-state index >= 15 is 0 Å². The lowest BCUT2D eigenvalue weighted by molar-refractivity contribution is -0.129. The number of imide groups is 1. The van der Waals surface area contributed by atoms with Crippen LogP contribution >= 0.6 is 0 Å². The second kappa shape index (κ2) is 9.55. The first-order valence-corrected chi connectivity index (χ1v) is 10.4. The molecule has 0 spiro atoms. The van der Waals surface area contributed by atoms with E-state index in [4.69, 9.17) is 4.74 Å². The van der Waals surface area contributed by atoms with Gasteiger partial charge in [0.05, 0.1) is 22.7 Å². The summed E-state index contributed by atoms with van der Waals surface area (Å²) in [5.41, 5.74) is 1.52. The Balaban J connectivity index is 1.65. The van der Waals surface area contributed by atoms with Crippen LogP contribution in [0.3, 0.4) is 0 Å². The smallest absolute Gasteiger partial charge is 0.338 e. The van der Waals surface area contributed by atoms with E-state index in [-0.39, 0.29) is 28.6 Å². The van der Waals surface area contributed by atoms with Gasteiger partial charge in [-0.1, -0.05) is 43.7 Å². The molecule has 1 aliphatic rings. The SMILES string of the molecule is CCCCN1C(=O)c2ccc(C(=O)OC(C)C(=O)NC(C)c3ccccc3)cc2C1=O. The average molecular weight is 422 g/mol. The minimum absolute atomic E-state index is 0.119. The maximum atomic E-state index is 12.6. The summed E-state index contributed by atoms with van der Waals surface area (Å²) in [6, 6.07) is 13.5. The van der Waals surface area contributed by atoms with Crippen molar-refractivity contribution in [2.45, 2.75) is 45.8 Å². The molecule has 1 aliphatic heterocycles. The van der Waals surface area contributed by atoms with E-state index < -0.39 is 23.9 Å². The lowest BCUT2D eigenvalue weighted by Crippen LogP contribution is -2.37. The van der Waals surface area contributed by atoms with Gasteiger partial charge in [0.15, 0.2) is 6.10 Å². The van der Waals surface area contributed by atoms with E-state index in [0.717, 1.165) is 12.0 Å². The highest BCUT2D eigenvalue weighted by Gasteiger charge is 2.35. The van der Waals surface area contributed by atoms with E-state index in [0.29, 0.717) is 13.0 Å². The number of carbonyl (C=O) groups is 4. The first-order chi connectivity index (χ1) is 14.8. The number of esters is 1. The van der Waals surface area contributed by atoms with E-state index in [9.17, 15) is 19.2 Å². The summed E-state index contributed by atoms with van der Waals surface area (Å²) in [6.07, 6.45) is 0.549. The minimum Gasteiger partial charge on any atom is -0.449 e. The van der Waals surface area contributed by atoms with Crippen LogP contribution in [0.2, 0.25) is 0 Å². The summed E-state index contributed by atoms with van der Waals surface area (Å²) in [5, 5.41) is 2.81. The quantitative estimate of drug-likeness (QED) is 0.519.